The van der Waals surface area contributed by atoms with E-state index in [1.165, 1.54) is 4.90 Å². The smallest absolute Gasteiger partial charge is 0.410 e. The molecule has 0 unspecified atom stereocenters. The fourth-order valence-electron chi connectivity index (χ4n) is 6.67. The molecular formula is C37H55N5O7. The maximum Gasteiger partial charge on any atom is 0.410 e. The number of alkyl carbamates (subject to hydrolysis) is 1. The van der Waals surface area contributed by atoms with Gasteiger partial charge in [-0.05, 0) is 69.9 Å². The SMILES string of the molecule is CCCCCCCC[C@H](NC(=O)OC(C)(C)C)C(=O)N1C[C@H](OC(=O)N2Cc3ccccc3C2)C[C@H]1C(=O)NC1(C(=O)NCC2CC2)CC1. The van der Waals surface area contributed by atoms with Gasteiger partial charge in [0.05, 0.1) is 6.54 Å². The molecule has 12 heteroatoms. The van der Waals surface area contributed by atoms with Crippen molar-refractivity contribution in [2.45, 2.75) is 147 Å². The van der Waals surface area contributed by atoms with Crippen molar-refractivity contribution in [3.05, 3.63) is 35.4 Å². The molecule has 49 heavy (non-hydrogen) atoms. The minimum Gasteiger partial charge on any atom is -0.444 e. The van der Waals surface area contributed by atoms with E-state index in [9.17, 15) is 24.0 Å². The lowest BCUT2D eigenvalue weighted by Crippen LogP contribution is -2.57. The zero-order valence-electron chi connectivity index (χ0n) is 29.7. The summed E-state index contributed by atoms with van der Waals surface area (Å²) in [6, 6.07) is 5.91. The lowest BCUT2D eigenvalue weighted by molar-refractivity contribution is -0.141. The van der Waals surface area contributed by atoms with Crippen LogP contribution in [0.4, 0.5) is 9.59 Å². The van der Waals surface area contributed by atoms with Gasteiger partial charge in [-0.15, -0.1) is 0 Å². The Labute approximate surface area is 290 Å². The molecule has 270 valence electrons. The van der Waals surface area contributed by atoms with E-state index >= 15 is 0 Å². The number of hydrogen-bond donors (Lipinski definition) is 3. The zero-order valence-corrected chi connectivity index (χ0v) is 29.7. The monoisotopic (exact) mass is 681 g/mol. The molecule has 4 aliphatic rings. The fraction of sp³-hybridized carbons (Fsp3) is 0.703. The van der Waals surface area contributed by atoms with Gasteiger partial charge in [0.15, 0.2) is 0 Å². The van der Waals surface area contributed by atoms with Crippen molar-refractivity contribution in [2.24, 2.45) is 5.92 Å². The first-order valence-electron chi connectivity index (χ1n) is 18.3. The second kappa shape index (κ2) is 15.8. The summed E-state index contributed by atoms with van der Waals surface area (Å²) < 4.78 is 11.4. The Balaban J connectivity index is 1.29. The number of ether oxygens (including phenoxy) is 2. The number of benzene rings is 1. The number of carbonyl (C=O) groups is 5. The lowest BCUT2D eigenvalue weighted by Gasteiger charge is -2.30. The van der Waals surface area contributed by atoms with Crippen molar-refractivity contribution in [3.8, 4) is 0 Å². The molecule has 1 saturated heterocycles. The predicted molar refractivity (Wildman–Crippen MR) is 183 cm³/mol. The number of rotatable bonds is 15. The van der Waals surface area contributed by atoms with Gasteiger partial charge in [0.25, 0.3) is 0 Å². The molecule has 0 aromatic heterocycles. The first kappa shape index (κ1) is 36.5. The highest BCUT2D eigenvalue weighted by Crippen LogP contribution is 2.37. The third kappa shape index (κ3) is 10.1. The van der Waals surface area contributed by atoms with Crippen LogP contribution in [0.25, 0.3) is 0 Å². The van der Waals surface area contributed by atoms with Crippen LogP contribution in [0.15, 0.2) is 24.3 Å². The molecule has 5 amide bonds. The molecule has 2 aliphatic carbocycles. The maximum absolute atomic E-state index is 14.3. The van der Waals surface area contributed by atoms with E-state index in [1.807, 2.05) is 24.3 Å². The average Bonchev–Trinajstić information content (AvgIpc) is 3.95. The van der Waals surface area contributed by atoms with Crippen LogP contribution in [0.3, 0.4) is 0 Å². The van der Waals surface area contributed by atoms with Crippen molar-refractivity contribution in [2.75, 3.05) is 13.1 Å². The summed E-state index contributed by atoms with van der Waals surface area (Å²) in [5, 5.41) is 8.70. The van der Waals surface area contributed by atoms with E-state index < -0.39 is 53.3 Å². The minimum atomic E-state index is -0.997. The highest BCUT2D eigenvalue weighted by atomic mass is 16.6. The highest BCUT2D eigenvalue weighted by molar-refractivity contribution is 5.97. The predicted octanol–water partition coefficient (Wildman–Crippen LogP) is 4.93. The largest absolute Gasteiger partial charge is 0.444 e. The van der Waals surface area contributed by atoms with Crippen LogP contribution in [-0.2, 0) is 36.9 Å². The van der Waals surface area contributed by atoms with Gasteiger partial charge in [-0.25, -0.2) is 9.59 Å². The first-order valence-corrected chi connectivity index (χ1v) is 18.3. The Bertz CT molecular complexity index is 1340. The molecule has 0 bridgehead atoms. The van der Waals surface area contributed by atoms with E-state index in [4.69, 9.17) is 9.47 Å². The molecule has 0 spiro atoms. The molecule has 2 saturated carbocycles. The molecule has 1 aromatic carbocycles. The van der Waals surface area contributed by atoms with Crippen molar-refractivity contribution in [1.29, 1.82) is 0 Å². The lowest BCUT2D eigenvalue weighted by atomic mass is 10.0. The highest BCUT2D eigenvalue weighted by Gasteiger charge is 2.54. The van der Waals surface area contributed by atoms with Gasteiger partial charge in [0, 0.05) is 26.1 Å². The van der Waals surface area contributed by atoms with E-state index in [2.05, 4.69) is 22.9 Å². The van der Waals surface area contributed by atoms with E-state index in [-0.39, 0.29) is 18.9 Å². The molecular weight excluding hydrogens is 626 g/mol. The Kier molecular flexibility index (Phi) is 11.8. The summed E-state index contributed by atoms with van der Waals surface area (Å²) in [6.07, 6.45) is 7.74. The Hall–Kier alpha value is -3.83. The molecule has 3 atom stereocenters. The molecule has 5 rings (SSSR count). The summed E-state index contributed by atoms with van der Waals surface area (Å²) in [5.74, 6) is -0.601. The van der Waals surface area contributed by atoms with Gasteiger partial charge in [-0.1, -0.05) is 69.7 Å². The molecule has 1 aromatic rings. The summed E-state index contributed by atoms with van der Waals surface area (Å²) in [5.41, 5.74) is 0.352. The second-order valence-corrected chi connectivity index (χ2v) is 15.4. The number of nitrogens with zero attached hydrogens (tertiary/aromatic N) is 2. The number of hydrogen-bond acceptors (Lipinski definition) is 7. The first-order chi connectivity index (χ1) is 23.4. The number of unbranched alkanes of at least 4 members (excludes halogenated alkanes) is 5. The van der Waals surface area contributed by atoms with Gasteiger partial charge in [0.1, 0.15) is 29.3 Å². The van der Waals surface area contributed by atoms with E-state index in [1.54, 1.807) is 25.7 Å². The van der Waals surface area contributed by atoms with Crippen LogP contribution in [0, 0.1) is 5.92 Å². The van der Waals surface area contributed by atoms with E-state index in [0.717, 1.165) is 56.1 Å². The Morgan fingerprint density at radius 1 is 0.959 bits per heavy atom. The van der Waals surface area contributed by atoms with Gasteiger partial charge in [-0.3, -0.25) is 19.3 Å². The van der Waals surface area contributed by atoms with Crippen molar-refractivity contribution >= 4 is 29.9 Å². The van der Waals surface area contributed by atoms with Crippen LogP contribution in [0.1, 0.15) is 116 Å². The van der Waals surface area contributed by atoms with Crippen LogP contribution in [0.2, 0.25) is 0 Å². The molecule has 3 fully saturated rings. The fourth-order valence-corrected chi connectivity index (χ4v) is 6.67. The van der Waals surface area contributed by atoms with Gasteiger partial charge < -0.3 is 30.3 Å². The van der Waals surface area contributed by atoms with Crippen molar-refractivity contribution in [3.63, 3.8) is 0 Å². The Morgan fingerprint density at radius 2 is 1.61 bits per heavy atom. The number of amides is 5. The second-order valence-electron chi connectivity index (χ2n) is 15.4. The van der Waals surface area contributed by atoms with Crippen LogP contribution < -0.4 is 16.0 Å². The van der Waals surface area contributed by atoms with Gasteiger partial charge in [0.2, 0.25) is 17.7 Å². The van der Waals surface area contributed by atoms with Crippen LogP contribution in [0.5, 0.6) is 0 Å². The molecule has 2 heterocycles. The van der Waals surface area contributed by atoms with Gasteiger partial charge in [-0.2, -0.15) is 0 Å². The average molecular weight is 682 g/mol. The van der Waals surface area contributed by atoms with E-state index in [0.29, 0.717) is 51.2 Å². The van der Waals surface area contributed by atoms with Crippen LogP contribution in [-0.4, -0.2) is 82.1 Å². The maximum atomic E-state index is 14.3. The van der Waals surface area contributed by atoms with Crippen molar-refractivity contribution < 1.29 is 33.4 Å². The minimum absolute atomic E-state index is 0.00662. The Morgan fingerprint density at radius 3 is 2.22 bits per heavy atom. The number of carbonyl (C=O) groups excluding carboxylic acids is 5. The quantitative estimate of drug-likeness (QED) is 0.223. The summed E-state index contributed by atoms with van der Waals surface area (Å²) in [4.78, 5) is 70.6. The summed E-state index contributed by atoms with van der Waals surface area (Å²) in [6.45, 7) is 8.85. The number of nitrogens with one attached hydrogen (secondary N) is 3. The topological polar surface area (TPSA) is 146 Å². The van der Waals surface area contributed by atoms with Gasteiger partial charge >= 0.3 is 12.2 Å². The molecule has 2 aliphatic heterocycles. The number of fused-ring (bicyclic) bond motifs is 1. The zero-order chi connectivity index (χ0) is 35.2. The molecule has 3 N–H and O–H groups in total. The number of likely N-dealkylation sites (tertiary alicyclic amines) is 1. The molecule has 12 nitrogen and oxygen atoms in total. The van der Waals surface area contributed by atoms with Crippen molar-refractivity contribution in [1.82, 2.24) is 25.8 Å². The summed E-state index contributed by atoms with van der Waals surface area (Å²) in [7, 11) is 0. The van der Waals surface area contributed by atoms with Crippen LogP contribution >= 0.6 is 0 Å². The third-order valence-electron chi connectivity index (χ3n) is 9.85. The third-order valence-corrected chi connectivity index (χ3v) is 9.85. The normalized spacial score (nSPS) is 21.4. The standard InChI is InChI=1S/C37H55N5O7/c1-5-6-7-8-9-10-15-29(39-34(46)49-36(2,3)4)32(44)42-24-28(48-35(47)41-22-26-13-11-12-14-27(26)23-41)20-30(42)31(43)40-37(18-19-37)33(45)38-21-25-16-17-25/h11-14,25,28-30H,5-10,15-24H2,1-4H3,(H,38,45)(H,39,46)(H,40,43)/t28-,29+,30+/m1/s1. The molecule has 0 radical (unpaired) electrons. The summed E-state index contributed by atoms with van der Waals surface area (Å²) >= 11 is 0.